The van der Waals surface area contributed by atoms with Crippen molar-refractivity contribution in [1.29, 1.82) is 0 Å². The highest BCUT2D eigenvalue weighted by atomic mass is 32.1. The van der Waals surface area contributed by atoms with Crippen molar-refractivity contribution in [3.63, 3.8) is 0 Å². The summed E-state index contributed by atoms with van der Waals surface area (Å²) in [6.07, 6.45) is 2.42. The van der Waals surface area contributed by atoms with E-state index in [1.807, 2.05) is 11.4 Å². The Labute approximate surface area is 122 Å². The van der Waals surface area contributed by atoms with Gasteiger partial charge in [-0.05, 0) is 30.0 Å². The number of carbonyl (C=O) groups is 1. The summed E-state index contributed by atoms with van der Waals surface area (Å²) >= 11 is 1.69. The number of nitrogens with one attached hydrogen (secondary N) is 1. The molecule has 0 aliphatic rings. The van der Waals surface area contributed by atoms with E-state index in [0.717, 1.165) is 12.0 Å². The number of carbonyl (C=O) groups excluding carboxylic acids is 1. The number of hydrogen-bond acceptors (Lipinski definition) is 4. The summed E-state index contributed by atoms with van der Waals surface area (Å²) in [4.78, 5) is 17.2. The summed E-state index contributed by atoms with van der Waals surface area (Å²) < 4.78 is 0. The standard InChI is InChI=1S/C15H15N3OS/c16-8-1-3-12-5-6-14(18-11-12)15(19)17-9-7-13-4-2-10-20-13/h2,4-6,10-11H,7-9,16H2,(H,17,19). The van der Waals surface area contributed by atoms with E-state index in [2.05, 4.69) is 28.2 Å². The SMILES string of the molecule is NCC#Cc1ccc(C(=O)NCCc2cccs2)nc1. The normalized spacial score (nSPS) is 9.65. The van der Waals surface area contributed by atoms with Crippen LogP contribution < -0.4 is 11.1 Å². The Morgan fingerprint density at radius 1 is 1.40 bits per heavy atom. The van der Waals surface area contributed by atoms with Gasteiger partial charge in [0.25, 0.3) is 5.91 Å². The highest BCUT2D eigenvalue weighted by molar-refractivity contribution is 7.09. The third-order valence-electron chi connectivity index (χ3n) is 2.57. The monoisotopic (exact) mass is 285 g/mol. The smallest absolute Gasteiger partial charge is 0.269 e. The van der Waals surface area contributed by atoms with Crippen molar-refractivity contribution in [3.8, 4) is 11.8 Å². The van der Waals surface area contributed by atoms with Gasteiger partial charge in [-0.25, -0.2) is 4.98 Å². The molecule has 0 spiro atoms. The van der Waals surface area contributed by atoms with E-state index in [0.29, 0.717) is 18.8 Å². The van der Waals surface area contributed by atoms with Crippen LogP contribution in [0.5, 0.6) is 0 Å². The first-order valence-corrected chi connectivity index (χ1v) is 7.13. The second-order valence-corrected chi connectivity index (χ2v) is 5.06. The molecule has 20 heavy (non-hydrogen) atoms. The van der Waals surface area contributed by atoms with Gasteiger partial charge in [-0.1, -0.05) is 17.9 Å². The zero-order chi connectivity index (χ0) is 14.2. The molecule has 0 aliphatic carbocycles. The van der Waals surface area contributed by atoms with Gasteiger partial charge in [0.15, 0.2) is 0 Å². The first-order chi connectivity index (χ1) is 9.79. The molecule has 0 aliphatic heterocycles. The van der Waals surface area contributed by atoms with Crippen molar-refractivity contribution in [2.45, 2.75) is 6.42 Å². The maximum atomic E-state index is 11.9. The van der Waals surface area contributed by atoms with Crippen LogP contribution >= 0.6 is 11.3 Å². The molecule has 102 valence electrons. The molecule has 0 bridgehead atoms. The van der Waals surface area contributed by atoms with Crippen LogP contribution in [0, 0.1) is 11.8 Å². The Kier molecular flexibility index (Phi) is 5.30. The van der Waals surface area contributed by atoms with Crippen LogP contribution in [0.2, 0.25) is 0 Å². The number of amides is 1. The van der Waals surface area contributed by atoms with Crippen molar-refractivity contribution < 1.29 is 4.79 Å². The van der Waals surface area contributed by atoms with Gasteiger partial charge in [0.1, 0.15) is 5.69 Å². The van der Waals surface area contributed by atoms with Crippen molar-refractivity contribution >= 4 is 17.2 Å². The molecule has 0 saturated heterocycles. The summed E-state index contributed by atoms with van der Waals surface area (Å²) in [6, 6.07) is 7.50. The minimum absolute atomic E-state index is 0.167. The summed E-state index contributed by atoms with van der Waals surface area (Å²) in [5.74, 6) is 5.44. The van der Waals surface area contributed by atoms with Crippen LogP contribution in [-0.4, -0.2) is 24.0 Å². The number of nitrogens with zero attached hydrogens (tertiary/aromatic N) is 1. The third-order valence-corrected chi connectivity index (χ3v) is 3.50. The average Bonchev–Trinajstić information content (AvgIpc) is 2.99. The lowest BCUT2D eigenvalue weighted by atomic mass is 10.2. The number of thiophene rings is 1. The first kappa shape index (κ1) is 14.3. The van der Waals surface area contributed by atoms with E-state index in [1.165, 1.54) is 4.88 Å². The molecule has 5 heteroatoms. The van der Waals surface area contributed by atoms with Crippen molar-refractivity contribution in [2.24, 2.45) is 5.73 Å². The van der Waals surface area contributed by atoms with E-state index in [9.17, 15) is 4.79 Å². The maximum absolute atomic E-state index is 11.9. The van der Waals surface area contributed by atoms with Gasteiger partial charge in [-0.3, -0.25) is 4.79 Å². The molecule has 1 amide bonds. The van der Waals surface area contributed by atoms with E-state index >= 15 is 0 Å². The lowest BCUT2D eigenvalue weighted by Crippen LogP contribution is -2.26. The maximum Gasteiger partial charge on any atom is 0.269 e. The Balaban J connectivity index is 1.85. The van der Waals surface area contributed by atoms with Crippen molar-refractivity contribution in [2.75, 3.05) is 13.1 Å². The molecular formula is C15H15N3OS. The summed E-state index contributed by atoms with van der Waals surface area (Å²) in [5, 5.41) is 4.88. The van der Waals surface area contributed by atoms with Gasteiger partial charge in [-0.15, -0.1) is 11.3 Å². The van der Waals surface area contributed by atoms with E-state index in [4.69, 9.17) is 5.73 Å². The molecule has 3 N–H and O–H groups in total. The predicted octanol–water partition coefficient (Wildman–Crippen LogP) is 1.43. The van der Waals surface area contributed by atoms with E-state index in [-0.39, 0.29) is 5.91 Å². The lowest BCUT2D eigenvalue weighted by Gasteiger charge is -2.03. The van der Waals surface area contributed by atoms with Gasteiger partial charge >= 0.3 is 0 Å². The number of pyridine rings is 1. The highest BCUT2D eigenvalue weighted by Crippen LogP contribution is 2.08. The molecule has 2 aromatic heterocycles. The largest absolute Gasteiger partial charge is 0.350 e. The first-order valence-electron chi connectivity index (χ1n) is 6.25. The van der Waals surface area contributed by atoms with Gasteiger partial charge in [0.2, 0.25) is 0 Å². The van der Waals surface area contributed by atoms with Crippen LogP contribution in [0.15, 0.2) is 35.8 Å². The van der Waals surface area contributed by atoms with Crippen LogP contribution in [0.25, 0.3) is 0 Å². The second kappa shape index (κ2) is 7.43. The molecule has 4 nitrogen and oxygen atoms in total. The number of nitrogens with two attached hydrogens (primary N) is 1. The quantitative estimate of drug-likeness (QED) is 0.835. The summed E-state index contributed by atoms with van der Waals surface area (Å²) in [7, 11) is 0. The van der Waals surface area contributed by atoms with Gasteiger partial charge < -0.3 is 11.1 Å². The molecule has 0 radical (unpaired) electrons. The van der Waals surface area contributed by atoms with Gasteiger partial charge in [0, 0.05) is 23.2 Å². The fourth-order valence-electron chi connectivity index (χ4n) is 1.60. The van der Waals surface area contributed by atoms with Gasteiger partial charge in [0.05, 0.1) is 6.54 Å². The number of hydrogen-bond donors (Lipinski definition) is 2. The molecule has 2 heterocycles. The van der Waals surface area contributed by atoms with Crippen LogP contribution in [0.1, 0.15) is 20.9 Å². The zero-order valence-electron chi connectivity index (χ0n) is 10.9. The summed E-state index contributed by atoms with van der Waals surface area (Å²) in [5.41, 5.74) is 6.45. The lowest BCUT2D eigenvalue weighted by molar-refractivity contribution is 0.0949. The molecule has 0 unspecified atom stereocenters. The fourth-order valence-corrected chi connectivity index (χ4v) is 2.31. The Bertz CT molecular complexity index is 609. The average molecular weight is 285 g/mol. The topological polar surface area (TPSA) is 68.0 Å². The number of aromatic nitrogens is 1. The Morgan fingerprint density at radius 2 is 2.30 bits per heavy atom. The fraction of sp³-hybridized carbons (Fsp3) is 0.200. The minimum atomic E-state index is -0.167. The molecule has 2 aromatic rings. The van der Waals surface area contributed by atoms with E-state index in [1.54, 1.807) is 29.7 Å². The van der Waals surface area contributed by atoms with Crippen molar-refractivity contribution in [3.05, 3.63) is 52.0 Å². The predicted molar refractivity (Wildman–Crippen MR) is 80.5 cm³/mol. The number of rotatable bonds is 4. The Hall–Kier alpha value is -2.16. The van der Waals surface area contributed by atoms with Crippen molar-refractivity contribution in [1.82, 2.24) is 10.3 Å². The molecule has 0 fully saturated rings. The molecule has 0 saturated carbocycles. The minimum Gasteiger partial charge on any atom is -0.350 e. The molecular weight excluding hydrogens is 270 g/mol. The zero-order valence-corrected chi connectivity index (χ0v) is 11.7. The summed E-state index contributed by atoms with van der Waals surface area (Å²) in [6.45, 7) is 0.917. The van der Waals surface area contributed by atoms with Crippen LogP contribution in [-0.2, 0) is 6.42 Å². The molecule has 0 atom stereocenters. The van der Waals surface area contributed by atoms with Crippen LogP contribution in [0.4, 0.5) is 0 Å². The molecule has 2 rings (SSSR count). The second-order valence-electron chi connectivity index (χ2n) is 4.02. The molecule has 0 aromatic carbocycles. The van der Waals surface area contributed by atoms with Gasteiger partial charge in [-0.2, -0.15) is 0 Å². The van der Waals surface area contributed by atoms with Crippen LogP contribution in [0.3, 0.4) is 0 Å². The Morgan fingerprint density at radius 3 is 2.95 bits per heavy atom. The third kappa shape index (κ3) is 4.19. The highest BCUT2D eigenvalue weighted by Gasteiger charge is 2.06. The van der Waals surface area contributed by atoms with E-state index < -0.39 is 0 Å².